The lowest BCUT2D eigenvalue weighted by atomic mass is 10.2. The quantitative estimate of drug-likeness (QED) is 0.661. The molecule has 1 fully saturated rings. The molecule has 5 heteroatoms. The molecule has 0 aromatic heterocycles. The summed E-state index contributed by atoms with van der Waals surface area (Å²) in [6.07, 6.45) is 4.34. The van der Waals surface area contributed by atoms with E-state index in [4.69, 9.17) is 0 Å². The van der Waals surface area contributed by atoms with Crippen molar-refractivity contribution in [3.8, 4) is 0 Å². The van der Waals surface area contributed by atoms with Crippen LogP contribution in [-0.4, -0.2) is 38.8 Å². The number of rotatable bonds is 7. The van der Waals surface area contributed by atoms with Crippen molar-refractivity contribution in [2.45, 2.75) is 31.7 Å². The Labute approximate surface area is 85.0 Å². The van der Waals surface area contributed by atoms with Crippen molar-refractivity contribution in [3.63, 3.8) is 0 Å². The van der Waals surface area contributed by atoms with Crippen molar-refractivity contribution in [2.24, 2.45) is 0 Å². The zero-order valence-electron chi connectivity index (χ0n) is 8.45. The molecule has 0 unspecified atom stereocenters. The van der Waals surface area contributed by atoms with E-state index in [1.165, 1.54) is 6.26 Å². The van der Waals surface area contributed by atoms with Gasteiger partial charge in [-0.1, -0.05) is 0 Å². The van der Waals surface area contributed by atoms with Crippen molar-refractivity contribution in [2.75, 3.05) is 18.6 Å². The Bertz CT molecular complexity index is 293. The summed E-state index contributed by atoms with van der Waals surface area (Å²) in [4.78, 5) is 11.2. The van der Waals surface area contributed by atoms with Crippen molar-refractivity contribution >= 4 is 15.6 Å². The average Bonchev–Trinajstić information content (AvgIpc) is 2.81. The third kappa shape index (κ3) is 6.10. The molecule has 0 radical (unpaired) electrons. The summed E-state index contributed by atoms with van der Waals surface area (Å²) in [6, 6.07) is 0.536. The van der Waals surface area contributed by atoms with Gasteiger partial charge in [0.25, 0.3) is 0 Å². The fourth-order valence-electron chi connectivity index (χ4n) is 1.17. The van der Waals surface area contributed by atoms with Gasteiger partial charge in [-0.2, -0.15) is 0 Å². The highest BCUT2D eigenvalue weighted by atomic mass is 32.2. The number of ketones is 1. The summed E-state index contributed by atoms with van der Waals surface area (Å²) < 4.78 is 21.5. The number of carbonyl (C=O) groups is 1. The molecule has 0 spiro atoms. The molecule has 0 heterocycles. The van der Waals surface area contributed by atoms with Gasteiger partial charge in [0, 0.05) is 18.7 Å². The fourth-order valence-corrected chi connectivity index (χ4v) is 1.83. The second-order valence-corrected chi connectivity index (χ2v) is 6.19. The lowest BCUT2D eigenvalue weighted by Gasteiger charge is -2.01. The molecule has 0 bridgehead atoms. The minimum atomic E-state index is -2.91. The zero-order chi connectivity index (χ0) is 10.6. The van der Waals surface area contributed by atoms with E-state index in [1.54, 1.807) is 0 Å². The van der Waals surface area contributed by atoms with Gasteiger partial charge in [0.2, 0.25) is 0 Å². The second kappa shape index (κ2) is 4.89. The molecule has 1 aliphatic rings. The predicted molar refractivity (Wildman–Crippen MR) is 55.0 cm³/mol. The molecule has 0 aromatic carbocycles. The van der Waals surface area contributed by atoms with Crippen LogP contribution in [0.2, 0.25) is 0 Å². The van der Waals surface area contributed by atoms with Gasteiger partial charge in [-0.15, -0.1) is 0 Å². The van der Waals surface area contributed by atoms with Crippen molar-refractivity contribution in [1.29, 1.82) is 0 Å². The topological polar surface area (TPSA) is 63.2 Å². The van der Waals surface area contributed by atoms with Gasteiger partial charge in [0.1, 0.15) is 15.6 Å². The maximum absolute atomic E-state index is 11.2. The van der Waals surface area contributed by atoms with Crippen LogP contribution in [-0.2, 0) is 14.6 Å². The van der Waals surface area contributed by atoms with Gasteiger partial charge in [-0.05, 0) is 19.3 Å². The van der Waals surface area contributed by atoms with E-state index in [-0.39, 0.29) is 11.5 Å². The van der Waals surface area contributed by atoms with Crippen LogP contribution in [0.1, 0.15) is 25.7 Å². The summed E-state index contributed by atoms with van der Waals surface area (Å²) in [5.41, 5.74) is 0. The monoisotopic (exact) mass is 219 g/mol. The average molecular weight is 219 g/mol. The van der Waals surface area contributed by atoms with Gasteiger partial charge in [-0.25, -0.2) is 8.42 Å². The van der Waals surface area contributed by atoms with Crippen molar-refractivity contribution in [1.82, 2.24) is 5.32 Å². The fraction of sp³-hybridized carbons (Fsp3) is 0.889. The molecule has 1 aliphatic carbocycles. The Hall–Kier alpha value is -0.420. The standard InChI is InChI=1S/C9H17NO3S/c1-14(12,13)6-2-3-9(11)7-10-8-4-5-8/h8,10H,2-7H2,1H3. The van der Waals surface area contributed by atoms with E-state index in [2.05, 4.69) is 5.32 Å². The first-order chi connectivity index (χ1) is 6.47. The first-order valence-corrected chi connectivity index (χ1v) is 6.96. The third-order valence-corrected chi connectivity index (χ3v) is 3.17. The van der Waals surface area contributed by atoms with Crippen LogP contribution < -0.4 is 5.32 Å². The van der Waals surface area contributed by atoms with E-state index >= 15 is 0 Å². The Balaban J connectivity index is 2.02. The van der Waals surface area contributed by atoms with E-state index in [1.807, 2.05) is 0 Å². The van der Waals surface area contributed by atoms with E-state index < -0.39 is 9.84 Å². The highest BCUT2D eigenvalue weighted by molar-refractivity contribution is 7.90. The van der Waals surface area contributed by atoms with E-state index in [0.29, 0.717) is 25.4 Å². The Morgan fingerprint density at radius 3 is 2.57 bits per heavy atom. The summed E-state index contributed by atoms with van der Waals surface area (Å²) in [7, 11) is -2.91. The van der Waals surface area contributed by atoms with Crippen LogP contribution in [0, 0.1) is 0 Å². The largest absolute Gasteiger partial charge is 0.307 e. The molecule has 1 N–H and O–H groups in total. The Morgan fingerprint density at radius 1 is 1.43 bits per heavy atom. The van der Waals surface area contributed by atoms with Crippen LogP contribution in [0.25, 0.3) is 0 Å². The second-order valence-electron chi connectivity index (χ2n) is 3.93. The first kappa shape index (κ1) is 11.7. The minimum Gasteiger partial charge on any atom is -0.307 e. The van der Waals surface area contributed by atoms with Crippen LogP contribution in [0.15, 0.2) is 0 Å². The summed E-state index contributed by atoms with van der Waals surface area (Å²) in [5.74, 6) is 0.225. The number of carbonyl (C=O) groups excluding carboxylic acids is 1. The summed E-state index contributed by atoms with van der Waals surface area (Å²) in [6.45, 7) is 0.397. The molecule has 1 saturated carbocycles. The smallest absolute Gasteiger partial charge is 0.147 e. The predicted octanol–water partition coefficient (Wildman–Crippen LogP) is 0.132. The van der Waals surface area contributed by atoms with Gasteiger partial charge in [0.05, 0.1) is 12.3 Å². The van der Waals surface area contributed by atoms with Crippen molar-refractivity contribution < 1.29 is 13.2 Å². The molecule has 1 rings (SSSR count). The minimum absolute atomic E-state index is 0.112. The van der Waals surface area contributed by atoms with Gasteiger partial charge in [0.15, 0.2) is 0 Å². The zero-order valence-corrected chi connectivity index (χ0v) is 9.27. The van der Waals surface area contributed by atoms with Crippen LogP contribution in [0.3, 0.4) is 0 Å². The molecule has 4 nitrogen and oxygen atoms in total. The lowest BCUT2D eigenvalue weighted by Crippen LogP contribution is -2.25. The SMILES string of the molecule is CS(=O)(=O)CCCC(=O)CNC1CC1. The molecular formula is C9H17NO3S. The molecule has 0 amide bonds. The Kier molecular flexibility index (Phi) is 4.07. The highest BCUT2D eigenvalue weighted by Crippen LogP contribution is 2.18. The maximum Gasteiger partial charge on any atom is 0.147 e. The molecular weight excluding hydrogens is 202 g/mol. The molecule has 0 saturated heterocycles. The summed E-state index contributed by atoms with van der Waals surface area (Å²) in [5, 5.41) is 3.11. The summed E-state index contributed by atoms with van der Waals surface area (Å²) >= 11 is 0. The third-order valence-electron chi connectivity index (χ3n) is 2.14. The van der Waals surface area contributed by atoms with Gasteiger partial charge in [-0.3, -0.25) is 4.79 Å². The number of Topliss-reactive ketones (excluding diaryl/α,β-unsaturated/α-hetero) is 1. The molecule has 0 aromatic rings. The van der Waals surface area contributed by atoms with E-state index in [0.717, 1.165) is 12.8 Å². The van der Waals surface area contributed by atoms with E-state index in [9.17, 15) is 13.2 Å². The normalized spacial score (nSPS) is 16.9. The van der Waals surface area contributed by atoms with Crippen molar-refractivity contribution in [3.05, 3.63) is 0 Å². The van der Waals surface area contributed by atoms with Crippen LogP contribution >= 0.6 is 0 Å². The van der Waals surface area contributed by atoms with Gasteiger partial charge >= 0.3 is 0 Å². The highest BCUT2D eigenvalue weighted by Gasteiger charge is 2.20. The first-order valence-electron chi connectivity index (χ1n) is 4.90. The Morgan fingerprint density at radius 2 is 2.07 bits per heavy atom. The molecule has 14 heavy (non-hydrogen) atoms. The molecule has 82 valence electrons. The maximum atomic E-state index is 11.2. The number of sulfone groups is 1. The number of nitrogens with one attached hydrogen (secondary N) is 1. The van der Waals surface area contributed by atoms with Crippen LogP contribution in [0.4, 0.5) is 0 Å². The molecule has 0 aliphatic heterocycles. The van der Waals surface area contributed by atoms with Crippen LogP contribution in [0.5, 0.6) is 0 Å². The number of hydrogen-bond donors (Lipinski definition) is 1. The lowest BCUT2D eigenvalue weighted by molar-refractivity contribution is -0.118. The van der Waals surface area contributed by atoms with Gasteiger partial charge < -0.3 is 5.32 Å². The number of hydrogen-bond acceptors (Lipinski definition) is 4. The molecule has 0 atom stereocenters.